The van der Waals surface area contributed by atoms with Crippen molar-refractivity contribution in [2.24, 2.45) is 0 Å². The Bertz CT molecular complexity index is 401. The molecule has 2 aromatic heterocycles. The van der Waals surface area contributed by atoms with E-state index < -0.39 is 0 Å². The average molecular weight is 234 g/mol. The summed E-state index contributed by atoms with van der Waals surface area (Å²) in [6.45, 7) is 3.08. The summed E-state index contributed by atoms with van der Waals surface area (Å²) >= 11 is 1.60. The largest absolute Gasteiger partial charge is 0.304 e. The molecule has 1 N–H and O–H groups in total. The van der Waals surface area contributed by atoms with E-state index in [2.05, 4.69) is 27.2 Å². The van der Waals surface area contributed by atoms with E-state index in [0.29, 0.717) is 0 Å². The second kappa shape index (κ2) is 5.67. The monoisotopic (exact) mass is 234 g/mol. The molecule has 84 valence electrons. The first-order chi connectivity index (χ1) is 7.92. The third-order valence-corrected chi connectivity index (χ3v) is 2.83. The highest BCUT2D eigenvalue weighted by molar-refractivity contribution is 7.07. The SMILES string of the molecule is CCCNC(c1cnccn1)c1cscn1. The number of thiazole rings is 1. The maximum absolute atomic E-state index is 4.33. The van der Waals surface area contributed by atoms with Gasteiger partial charge in [0.05, 0.1) is 29.1 Å². The van der Waals surface area contributed by atoms with Crippen molar-refractivity contribution in [2.45, 2.75) is 19.4 Å². The lowest BCUT2D eigenvalue weighted by Gasteiger charge is -2.15. The summed E-state index contributed by atoms with van der Waals surface area (Å²) in [5.74, 6) is 0. The third-order valence-electron chi connectivity index (χ3n) is 2.22. The Hall–Kier alpha value is -1.33. The van der Waals surface area contributed by atoms with E-state index in [1.165, 1.54) is 0 Å². The molecule has 2 heterocycles. The molecule has 2 rings (SSSR count). The van der Waals surface area contributed by atoms with Crippen LogP contribution in [0, 0.1) is 0 Å². The second-order valence-corrected chi connectivity index (χ2v) is 4.15. The summed E-state index contributed by atoms with van der Waals surface area (Å²) in [5, 5.41) is 5.47. The number of aromatic nitrogens is 3. The Morgan fingerprint density at radius 2 is 2.25 bits per heavy atom. The van der Waals surface area contributed by atoms with Gasteiger partial charge in [-0.05, 0) is 13.0 Å². The topological polar surface area (TPSA) is 50.7 Å². The molecule has 0 aromatic carbocycles. The molecule has 1 atom stereocenters. The summed E-state index contributed by atoms with van der Waals surface area (Å²) in [5.41, 5.74) is 3.77. The van der Waals surface area contributed by atoms with E-state index >= 15 is 0 Å². The van der Waals surface area contributed by atoms with Crippen molar-refractivity contribution in [2.75, 3.05) is 6.54 Å². The van der Waals surface area contributed by atoms with E-state index in [1.54, 1.807) is 29.9 Å². The van der Waals surface area contributed by atoms with Crippen molar-refractivity contribution in [1.29, 1.82) is 0 Å². The fourth-order valence-electron chi connectivity index (χ4n) is 1.47. The van der Waals surface area contributed by atoms with Crippen LogP contribution in [-0.2, 0) is 0 Å². The Morgan fingerprint density at radius 1 is 1.31 bits per heavy atom. The zero-order valence-corrected chi connectivity index (χ0v) is 9.94. The van der Waals surface area contributed by atoms with Crippen molar-refractivity contribution in [3.63, 3.8) is 0 Å². The number of hydrogen-bond acceptors (Lipinski definition) is 5. The van der Waals surface area contributed by atoms with Crippen molar-refractivity contribution in [3.8, 4) is 0 Å². The normalized spacial score (nSPS) is 12.6. The standard InChI is InChI=1S/C11H14N4S/c1-2-3-14-11(10-7-16-8-15-10)9-6-12-4-5-13-9/h4-8,11,14H,2-3H2,1H3. The van der Waals surface area contributed by atoms with Gasteiger partial charge >= 0.3 is 0 Å². The molecule has 1 unspecified atom stereocenters. The van der Waals surface area contributed by atoms with Gasteiger partial charge in [0.2, 0.25) is 0 Å². The van der Waals surface area contributed by atoms with Crippen LogP contribution in [0.1, 0.15) is 30.8 Å². The molecule has 0 radical (unpaired) electrons. The molecule has 0 bridgehead atoms. The molecule has 5 heteroatoms. The highest BCUT2D eigenvalue weighted by Crippen LogP contribution is 2.19. The maximum Gasteiger partial charge on any atom is 0.0949 e. The van der Waals surface area contributed by atoms with E-state index in [0.717, 1.165) is 24.4 Å². The summed E-state index contributed by atoms with van der Waals surface area (Å²) in [7, 11) is 0. The molecule has 0 aliphatic carbocycles. The molecule has 4 nitrogen and oxygen atoms in total. The summed E-state index contributed by atoms with van der Waals surface area (Å²) in [4.78, 5) is 12.8. The van der Waals surface area contributed by atoms with Crippen LogP contribution in [-0.4, -0.2) is 21.5 Å². The zero-order chi connectivity index (χ0) is 11.2. The van der Waals surface area contributed by atoms with Crippen molar-refractivity contribution in [3.05, 3.63) is 40.9 Å². The molecule has 0 fully saturated rings. The smallest absolute Gasteiger partial charge is 0.0949 e. The molecule has 0 aliphatic heterocycles. The first kappa shape index (κ1) is 11.2. The number of hydrogen-bond donors (Lipinski definition) is 1. The Morgan fingerprint density at radius 3 is 2.88 bits per heavy atom. The Balaban J connectivity index is 2.21. The van der Waals surface area contributed by atoms with Gasteiger partial charge in [0.25, 0.3) is 0 Å². The van der Waals surface area contributed by atoms with Crippen LogP contribution in [0.15, 0.2) is 29.5 Å². The van der Waals surface area contributed by atoms with Crippen LogP contribution >= 0.6 is 11.3 Å². The minimum atomic E-state index is 0.0555. The van der Waals surface area contributed by atoms with Crippen LogP contribution in [0.5, 0.6) is 0 Å². The minimum Gasteiger partial charge on any atom is -0.304 e. The van der Waals surface area contributed by atoms with Gasteiger partial charge < -0.3 is 5.32 Å². The van der Waals surface area contributed by atoms with Crippen molar-refractivity contribution < 1.29 is 0 Å². The molecule has 16 heavy (non-hydrogen) atoms. The lowest BCUT2D eigenvalue weighted by Crippen LogP contribution is -2.24. The predicted octanol–water partition coefficient (Wildman–Crippen LogP) is 2.02. The Labute approximate surface area is 98.8 Å². The molecule has 0 aliphatic rings. The molecular formula is C11H14N4S. The van der Waals surface area contributed by atoms with Crippen molar-refractivity contribution in [1.82, 2.24) is 20.3 Å². The van der Waals surface area contributed by atoms with Crippen LogP contribution in [0.2, 0.25) is 0 Å². The first-order valence-corrected chi connectivity index (χ1v) is 6.23. The van der Waals surface area contributed by atoms with E-state index in [-0.39, 0.29) is 6.04 Å². The van der Waals surface area contributed by atoms with Gasteiger partial charge in [-0.15, -0.1) is 11.3 Å². The lowest BCUT2D eigenvalue weighted by molar-refractivity contribution is 0.575. The summed E-state index contributed by atoms with van der Waals surface area (Å²) < 4.78 is 0. The zero-order valence-electron chi connectivity index (χ0n) is 9.13. The predicted molar refractivity (Wildman–Crippen MR) is 64.3 cm³/mol. The highest BCUT2D eigenvalue weighted by atomic mass is 32.1. The molecule has 2 aromatic rings. The fraction of sp³-hybridized carbons (Fsp3) is 0.364. The average Bonchev–Trinajstić information content (AvgIpc) is 2.85. The van der Waals surface area contributed by atoms with Gasteiger partial charge in [-0.1, -0.05) is 6.92 Å². The van der Waals surface area contributed by atoms with Gasteiger partial charge in [0.1, 0.15) is 0 Å². The molecule has 0 spiro atoms. The quantitative estimate of drug-likeness (QED) is 0.860. The van der Waals surface area contributed by atoms with E-state index in [4.69, 9.17) is 0 Å². The highest BCUT2D eigenvalue weighted by Gasteiger charge is 2.16. The van der Waals surface area contributed by atoms with Crippen LogP contribution in [0.25, 0.3) is 0 Å². The van der Waals surface area contributed by atoms with Gasteiger partial charge in [0.15, 0.2) is 0 Å². The van der Waals surface area contributed by atoms with Gasteiger partial charge in [0, 0.05) is 17.8 Å². The molecule has 0 saturated carbocycles. The van der Waals surface area contributed by atoms with Crippen LogP contribution in [0.4, 0.5) is 0 Å². The second-order valence-electron chi connectivity index (χ2n) is 3.43. The molecule has 0 amide bonds. The van der Waals surface area contributed by atoms with Crippen LogP contribution in [0.3, 0.4) is 0 Å². The van der Waals surface area contributed by atoms with Gasteiger partial charge in [-0.2, -0.15) is 0 Å². The summed E-state index contributed by atoms with van der Waals surface area (Å²) in [6.07, 6.45) is 6.26. The number of nitrogens with one attached hydrogen (secondary N) is 1. The lowest BCUT2D eigenvalue weighted by atomic mass is 10.1. The minimum absolute atomic E-state index is 0.0555. The van der Waals surface area contributed by atoms with Gasteiger partial charge in [-0.25, -0.2) is 4.98 Å². The third kappa shape index (κ3) is 2.62. The first-order valence-electron chi connectivity index (χ1n) is 5.29. The van der Waals surface area contributed by atoms with E-state index in [1.807, 2.05) is 10.9 Å². The van der Waals surface area contributed by atoms with Crippen molar-refractivity contribution >= 4 is 11.3 Å². The van der Waals surface area contributed by atoms with Gasteiger partial charge in [-0.3, -0.25) is 9.97 Å². The maximum atomic E-state index is 4.33. The number of nitrogens with zero attached hydrogens (tertiary/aromatic N) is 3. The fourth-order valence-corrected chi connectivity index (χ4v) is 2.05. The van der Waals surface area contributed by atoms with E-state index in [9.17, 15) is 0 Å². The summed E-state index contributed by atoms with van der Waals surface area (Å²) in [6, 6.07) is 0.0555. The Kier molecular flexibility index (Phi) is 3.96. The molecule has 0 saturated heterocycles. The molecular weight excluding hydrogens is 220 g/mol. The number of rotatable bonds is 5. The van der Waals surface area contributed by atoms with Crippen LogP contribution < -0.4 is 5.32 Å².